The minimum atomic E-state index is -0.541. The average molecular weight is 309 g/mol. The zero-order valence-corrected chi connectivity index (χ0v) is 12.9. The van der Waals surface area contributed by atoms with Crippen molar-refractivity contribution in [2.45, 2.75) is 13.8 Å². The molecule has 116 valence electrons. The summed E-state index contributed by atoms with van der Waals surface area (Å²) in [6.45, 7) is 7.16. The van der Waals surface area contributed by atoms with E-state index >= 15 is 0 Å². The topological polar surface area (TPSA) is 69.4 Å². The monoisotopic (exact) mass is 309 g/mol. The average Bonchev–Trinajstić information content (AvgIpc) is 2.53. The SMILES string of the molecule is C=CCOC(=O)c1cc2c(=O)c3cc(C)ccc3oc2nc1C. The van der Waals surface area contributed by atoms with Crippen LogP contribution in [0, 0.1) is 13.8 Å². The van der Waals surface area contributed by atoms with Crippen LogP contribution in [0.3, 0.4) is 0 Å². The van der Waals surface area contributed by atoms with Crippen molar-refractivity contribution in [3.05, 3.63) is 64.0 Å². The van der Waals surface area contributed by atoms with Gasteiger partial charge in [0.15, 0.2) is 0 Å². The molecular formula is C18H15NO4. The quantitative estimate of drug-likeness (QED) is 0.422. The number of carbonyl (C=O) groups is 1. The molecule has 0 radical (unpaired) electrons. The van der Waals surface area contributed by atoms with Gasteiger partial charge < -0.3 is 9.15 Å². The zero-order chi connectivity index (χ0) is 16.6. The minimum Gasteiger partial charge on any atom is -0.458 e. The zero-order valence-electron chi connectivity index (χ0n) is 12.9. The molecule has 5 nitrogen and oxygen atoms in total. The highest BCUT2D eigenvalue weighted by atomic mass is 16.5. The number of hydrogen-bond acceptors (Lipinski definition) is 5. The van der Waals surface area contributed by atoms with E-state index < -0.39 is 5.97 Å². The lowest BCUT2D eigenvalue weighted by molar-refractivity contribution is 0.0548. The maximum Gasteiger partial charge on any atom is 0.340 e. The van der Waals surface area contributed by atoms with E-state index in [0.717, 1.165) is 5.56 Å². The van der Waals surface area contributed by atoms with Crippen LogP contribution in [0.4, 0.5) is 0 Å². The summed E-state index contributed by atoms with van der Waals surface area (Å²) in [5.41, 5.74) is 2.12. The van der Waals surface area contributed by atoms with Gasteiger partial charge in [-0.1, -0.05) is 24.3 Å². The molecule has 1 aromatic carbocycles. The molecule has 5 heteroatoms. The lowest BCUT2D eigenvalue weighted by Gasteiger charge is -2.07. The Morgan fingerprint density at radius 1 is 1.30 bits per heavy atom. The van der Waals surface area contributed by atoms with Gasteiger partial charge >= 0.3 is 5.97 Å². The second-order valence-electron chi connectivity index (χ2n) is 5.29. The summed E-state index contributed by atoms with van der Waals surface area (Å²) < 4.78 is 10.7. The molecule has 0 aliphatic rings. The Morgan fingerprint density at radius 3 is 2.83 bits per heavy atom. The highest BCUT2D eigenvalue weighted by Gasteiger charge is 2.16. The predicted molar refractivity (Wildman–Crippen MR) is 87.7 cm³/mol. The molecule has 0 aliphatic heterocycles. The smallest absolute Gasteiger partial charge is 0.340 e. The van der Waals surface area contributed by atoms with Crippen molar-refractivity contribution < 1.29 is 13.9 Å². The first kappa shape index (κ1) is 15.0. The summed E-state index contributed by atoms with van der Waals surface area (Å²) in [4.78, 5) is 29.0. The molecule has 0 saturated carbocycles. The normalized spacial score (nSPS) is 10.9. The third-order valence-electron chi connectivity index (χ3n) is 3.56. The molecule has 3 aromatic rings. The highest BCUT2D eigenvalue weighted by Crippen LogP contribution is 2.21. The van der Waals surface area contributed by atoms with Gasteiger partial charge in [-0.3, -0.25) is 4.79 Å². The molecule has 3 rings (SSSR count). The number of rotatable bonds is 3. The van der Waals surface area contributed by atoms with E-state index in [-0.39, 0.29) is 28.7 Å². The van der Waals surface area contributed by atoms with Crippen LogP contribution in [0.5, 0.6) is 0 Å². The van der Waals surface area contributed by atoms with Gasteiger partial charge in [-0.25, -0.2) is 9.78 Å². The highest BCUT2D eigenvalue weighted by molar-refractivity contribution is 5.96. The third kappa shape index (κ3) is 2.61. The van der Waals surface area contributed by atoms with Gasteiger partial charge in [0, 0.05) is 0 Å². The predicted octanol–water partition coefficient (Wildman–Crippen LogP) is 3.30. The van der Waals surface area contributed by atoms with Crippen LogP contribution in [-0.4, -0.2) is 17.6 Å². The number of carbonyl (C=O) groups excluding carboxylic acids is 1. The number of nitrogens with zero attached hydrogens (tertiary/aromatic N) is 1. The Hall–Kier alpha value is -2.95. The van der Waals surface area contributed by atoms with Crippen molar-refractivity contribution in [1.82, 2.24) is 4.98 Å². The van der Waals surface area contributed by atoms with Crippen molar-refractivity contribution in [2.24, 2.45) is 0 Å². The van der Waals surface area contributed by atoms with Gasteiger partial charge in [-0.2, -0.15) is 0 Å². The molecule has 2 heterocycles. The number of pyridine rings is 1. The summed E-state index contributed by atoms with van der Waals surface area (Å²) in [5.74, 6) is -0.541. The van der Waals surface area contributed by atoms with Gasteiger partial charge in [0.1, 0.15) is 12.2 Å². The van der Waals surface area contributed by atoms with Crippen LogP contribution in [0.25, 0.3) is 22.1 Å². The van der Waals surface area contributed by atoms with Gasteiger partial charge in [0.2, 0.25) is 11.1 Å². The number of hydrogen-bond donors (Lipinski definition) is 0. The van der Waals surface area contributed by atoms with Crippen molar-refractivity contribution >= 4 is 28.0 Å². The van der Waals surface area contributed by atoms with Gasteiger partial charge in [-0.15, -0.1) is 0 Å². The fraction of sp³-hybridized carbons (Fsp3) is 0.167. The van der Waals surface area contributed by atoms with E-state index in [9.17, 15) is 9.59 Å². The first-order chi connectivity index (χ1) is 11.0. The molecule has 0 aliphatic carbocycles. The minimum absolute atomic E-state index is 0.0990. The fourth-order valence-electron chi connectivity index (χ4n) is 2.40. The second kappa shape index (κ2) is 5.68. The Bertz CT molecular complexity index is 1000. The molecule has 0 fully saturated rings. The van der Waals surface area contributed by atoms with E-state index in [0.29, 0.717) is 16.7 Å². The number of aryl methyl sites for hydroxylation is 2. The van der Waals surface area contributed by atoms with Crippen molar-refractivity contribution in [2.75, 3.05) is 6.61 Å². The van der Waals surface area contributed by atoms with Gasteiger partial charge in [-0.05, 0) is 32.0 Å². The molecule has 0 N–H and O–H groups in total. The van der Waals surface area contributed by atoms with E-state index in [1.807, 2.05) is 13.0 Å². The molecule has 0 bridgehead atoms. The summed E-state index contributed by atoms with van der Waals surface area (Å²) in [5, 5.41) is 0.729. The molecule has 0 amide bonds. The second-order valence-corrected chi connectivity index (χ2v) is 5.29. The Morgan fingerprint density at radius 2 is 2.09 bits per heavy atom. The van der Waals surface area contributed by atoms with Crippen LogP contribution in [-0.2, 0) is 4.74 Å². The van der Waals surface area contributed by atoms with Gasteiger partial charge in [0.05, 0.1) is 22.0 Å². The molecular weight excluding hydrogens is 294 g/mol. The van der Waals surface area contributed by atoms with Crippen molar-refractivity contribution in [3.63, 3.8) is 0 Å². The number of benzene rings is 1. The van der Waals surface area contributed by atoms with Crippen molar-refractivity contribution in [3.8, 4) is 0 Å². The summed E-state index contributed by atoms with van der Waals surface area (Å²) >= 11 is 0. The number of ether oxygens (including phenoxy) is 1. The molecule has 0 saturated heterocycles. The van der Waals surface area contributed by atoms with E-state index in [2.05, 4.69) is 11.6 Å². The lowest BCUT2D eigenvalue weighted by atomic mass is 10.1. The molecule has 2 aromatic heterocycles. The number of aromatic nitrogens is 1. The fourth-order valence-corrected chi connectivity index (χ4v) is 2.40. The van der Waals surface area contributed by atoms with Crippen LogP contribution in [0.15, 0.2) is 46.1 Å². The first-order valence-corrected chi connectivity index (χ1v) is 7.14. The lowest BCUT2D eigenvalue weighted by Crippen LogP contribution is -2.11. The standard InChI is InChI=1S/C18H15NO4/c1-4-7-22-18(21)12-9-14-16(20)13-8-10(2)5-6-15(13)23-17(14)19-11(12)3/h4-6,8-9H,1,7H2,2-3H3. The summed E-state index contributed by atoms with van der Waals surface area (Å²) in [7, 11) is 0. The van der Waals surface area contributed by atoms with Crippen LogP contribution in [0.1, 0.15) is 21.6 Å². The van der Waals surface area contributed by atoms with E-state index in [1.165, 1.54) is 12.1 Å². The Labute approximate surface area is 132 Å². The van der Waals surface area contributed by atoms with E-state index in [1.54, 1.807) is 19.1 Å². The third-order valence-corrected chi connectivity index (χ3v) is 3.56. The molecule has 23 heavy (non-hydrogen) atoms. The maximum atomic E-state index is 12.7. The molecule has 0 atom stereocenters. The Kier molecular flexibility index (Phi) is 3.70. The molecule has 0 spiro atoms. The van der Waals surface area contributed by atoms with E-state index in [4.69, 9.17) is 9.15 Å². The first-order valence-electron chi connectivity index (χ1n) is 7.14. The number of esters is 1. The van der Waals surface area contributed by atoms with Crippen LogP contribution >= 0.6 is 0 Å². The largest absolute Gasteiger partial charge is 0.458 e. The van der Waals surface area contributed by atoms with Gasteiger partial charge in [0.25, 0.3) is 0 Å². The number of fused-ring (bicyclic) bond motifs is 2. The summed E-state index contributed by atoms with van der Waals surface area (Å²) in [6.07, 6.45) is 1.48. The molecule has 0 unspecified atom stereocenters. The van der Waals surface area contributed by atoms with Crippen LogP contribution < -0.4 is 5.43 Å². The maximum absolute atomic E-state index is 12.7. The van der Waals surface area contributed by atoms with Crippen molar-refractivity contribution in [1.29, 1.82) is 0 Å². The van der Waals surface area contributed by atoms with Crippen LogP contribution in [0.2, 0.25) is 0 Å². The summed E-state index contributed by atoms with van der Waals surface area (Å²) in [6, 6.07) is 6.85. The Balaban J connectivity index is 2.27.